The van der Waals surface area contributed by atoms with Gasteiger partial charge in [-0.3, -0.25) is 5.41 Å². The van der Waals surface area contributed by atoms with E-state index >= 15 is 0 Å². The fraction of sp³-hybridized carbons (Fsp3) is 0.300. The van der Waals surface area contributed by atoms with Gasteiger partial charge < -0.3 is 0 Å². The Balaban J connectivity index is 2.39. The van der Waals surface area contributed by atoms with E-state index < -0.39 is 0 Å². The smallest absolute Gasteiger partial charge is 0.105 e. The number of thioether (sulfide) groups is 1. The Hall–Kier alpha value is -0.540. The zero-order valence-electron chi connectivity index (χ0n) is 7.83. The maximum absolute atomic E-state index is 7.73. The Morgan fingerprint density at radius 3 is 2.92 bits per heavy atom. The minimum atomic E-state index is 0.674. The first-order valence-corrected chi connectivity index (χ1v) is 5.95. The van der Waals surface area contributed by atoms with E-state index in [4.69, 9.17) is 5.41 Å². The molecule has 1 nitrogen and oxygen atoms in total. The van der Waals surface area contributed by atoms with Crippen LogP contribution < -0.4 is 0 Å². The highest BCUT2D eigenvalue weighted by molar-refractivity contribution is 8.14. The van der Waals surface area contributed by atoms with Crippen LogP contribution in [0.2, 0.25) is 0 Å². The molecule has 0 aromatic carbocycles. The predicted octanol–water partition coefficient (Wildman–Crippen LogP) is 3.77. The Bertz CT molecular complexity index is 295. The van der Waals surface area contributed by atoms with Gasteiger partial charge in [0.1, 0.15) is 5.04 Å². The Kier molecular flexibility index (Phi) is 4.25. The van der Waals surface area contributed by atoms with Crippen molar-refractivity contribution >= 4 is 28.1 Å². The van der Waals surface area contributed by atoms with Crippen molar-refractivity contribution in [1.82, 2.24) is 0 Å². The summed E-state index contributed by atoms with van der Waals surface area (Å²) in [5.41, 5.74) is 1.31. The van der Waals surface area contributed by atoms with E-state index in [1.807, 2.05) is 17.5 Å². The SMILES string of the molecule is CC(C)=CCSC(=N)c1cccs1. The predicted molar refractivity (Wildman–Crippen MR) is 63.0 cm³/mol. The summed E-state index contributed by atoms with van der Waals surface area (Å²) < 4.78 is 0. The molecule has 70 valence electrons. The van der Waals surface area contributed by atoms with Crippen molar-refractivity contribution in [2.45, 2.75) is 13.8 Å². The van der Waals surface area contributed by atoms with Gasteiger partial charge in [-0.1, -0.05) is 17.7 Å². The lowest BCUT2D eigenvalue weighted by Gasteiger charge is -1.97. The fourth-order valence-corrected chi connectivity index (χ4v) is 2.45. The van der Waals surface area contributed by atoms with Gasteiger partial charge in [0.15, 0.2) is 0 Å². The van der Waals surface area contributed by atoms with Crippen molar-refractivity contribution in [3.63, 3.8) is 0 Å². The second-order valence-corrected chi connectivity index (χ2v) is 4.88. The zero-order chi connectivity index (χ0) is 9.68. The number of hydrogen-bond donors (Lipinski definition) is 1. The molecule has 0 atom stereocenters. The van der Waals surface area contributed by atoms with Gasteiger partial charge in [0, 0.05) is 5.75 Å². The quantitative estimate of drug-likeness (QED) is 0.459. The molecule has 1 aromatic rings. The van der Waals surface area contributed by atoms with Crippen LogP contribution in [-0.2, 0) is 0 Å². The first-order valence-electron chi connectivity index (χ1n) is 4.08. The number of thiophene rings is 1. The van der Waals surface area contributed by atoms with Crippen LogP contribution in [0.5, 0.6) is 0 Å². The monoisotopic (exact) mass is 211 g/mol. The molecule has 1 heterocycles. The summed E-state index contributed by atoms with van der Waals surface area (Å²) in [7, 11) is 0. The highest BCUT2D eigenvalue weighted by atomic mass is 32.2. The van der Waals surface area contributed by atoms with Crippen molar-refractivity contribution in [2.75, 3.05) is 5.75 Å². The summed E-state index contributed by atoms with van der Waals surface area (Å²) in [6.07, 6.45) is 2.15. The summed E-state index contributed by atoms with van der Waals surface area (Å²) in [5.74, 6) is 0.902. The zero-order valence-corrected chi connectivity index (χ0v) is 9.47. The maximum atomic E-state index is 7.73. The van der Waals surface area contributed by atoms with Gasteiger partial charge in [0.2, 0.25) is 0 Å². The molecule has 0 bridgehead atoms. The third-order valence-corrected chi connectivity index (χ3v) is 3.32. The van der Waals surface area contributed by atoms with Crippen molar-refractivity contribution < 1.29 is 0 Å². The molecule has 1 N–H and O–H groups in total. The summed E-state index contributed by atoms with van der Waals surface area (Å²) >= 11 is 3.20. The van der Waals surface area contributed by atoms with E-state index in [1.54, 1.807) is 23.1 Å². The summed E-state index contributed by atoms with van der Waals surface area (Å²) in [6, 6.07) is 3.97. The van der Waals surface area contributed by atoms with Gasteiger partial charge in [-0.15, -0.1) is 23.1 Å². The van der Waals surface area contributed by atoms with Gasteiger partial charge in [0.05, 0.1) is 4.88 Å². The van der Waals surface area contributed by atoms with Gasteiger partial charge in [-0.05, 0) is 25.3 Å². The van der Waals surface area contributed by atoms with Gasteiger partial charge in [0.25, 0.3) is 0 Å². The Morgan fingerprint density at radius 1 is 1.62 bits per heavy atom. The van der Waals surface area contributed by atoms with Crippen LogP contribution in [-0.4, -0.2) is 10.8 Å². The van der Waals surface area contributed by atoms with E-state index in [-0.39, 0.29) is 0 Å². The topological polar surface area (TPSA) is 23.9 Å². The van der Waals surface area contributed by atoms with E-state index in [2.05, 4.69) is 19.9 Å². The lowest BCUT2D eigenvalue weighted by atomic mass is 10.3. The normalized spacial score (nSPS) is 9.69. The number of rotatable bonds is 3. The van der Waals surface area contributed by atoms with Crippen LogP contribution in [0.4, 0.5) is 0 Å². The molecule has 0 amide bonds. The van der Waals surface area contributed by atoms with Crippen LogP contribution in [0.15, 0.2) is 29.2 Å². The Labute approximate surface area is 87.4 Å². The summed E-state index contributed by atoms with van der Waals surface area (Å²) in [5, 5.41) is 10.4. The third-order valence-electron chi connectivity index (χ3n) is 1.46. The molecule has 1 aromatic heterocycles. The number of hydrogen-bond acceptors (Lipinski definition) is 3. The van der Waals surface area contributed by atoms with E-state index in [1.165, 1.54) is 5.57 Å². The molecule has 0 aliphatic rings. The van der Waals surface area contributed by atoms with Crippen molar-refractivity contribution in [2.24, 2.45) is 0 Å². The van der Waals surface area contributed by atoms with Crippen LogP contribution >= 0.6 is 23.1 Å². The lowest BCUT2D eigenvalue weighted by Crippen LogP contribution is -1.89. The maximum Gasteiger partial charge on any atom is 0.105 e. The van der Waals surface area contributed by atoms with Crippen LogP contribution in [0, 0.1) is 5.41 Å². The molecule has 1 rings (SSSR count). The second-order valence-electron chi connectivity index (χ2n) is 2.90. The first-order chi connectivity index (χ1) is 6.20. The van der Waals surface area contributed by atoms with Crippen LogP contribution in [0.25, 0.3) is 0 Å². The minimum absolute atomic E-state index is 0.674. The van der Waals surface area contributed by atoms with Gasteiger partial charge >= 0.3 is 0 Å². The van der Waals surface area contributed by atoms with Crippen LogP contribution in [0.1, 0.15) is 18.7 Å². The standard InChI is InChI=1S/C10H13NS2/c1-8(2)5-7-13-10(11)9-4-3-6-12-9/h3-6,11H,7H2,1-2H3. The average Bonchev–Trinajstić information content (AvgIpc) is 2.55. The Morgan fingerprint density at radius 2 is 2.38 bits per heavy atom. The second kappa shape index (κ2) is 5.25. The molecule has 0 fully saturated rings. The lowest BCUT2D eigenvalue weighted by molar-refractivity contribution is 1.37. The molecule has 0 aliphatic carbocycles. The van der Waals surface area contributed by atoms with Gasteiger partial charge in [-0.2, -0.15) is 0 Å². The molecular formula is C10H13NS2. The summed E-state index contributed by atoms with van der Waals surface area (Å²) in [6.45, 7) is 4.16. The molecule has 0 spiro atoms. The van der Waals surface area contributed by atoms with E-state index in [0.717, 1.165) is 10.6 Å². The molecule has 3 heteroatoms. The molecular weight excluding hydrogens is 198 g/mol. The summed E-state index contributed by atoms with van der Waals surface area (Å²) in [4.78, 5) is 1.06. The van der Waals surface area contributed by atoms with E-state index in [9.17, 15) is 0 Å². The molecule has 0 radical (unpaired) electrons. The minimum Gasteiger partial charge on any atom is -0.293 e. The molecule has 0 saturated heterocycles. The van der Waals surface area contributed by atoms with Crippen molar-refractivity contribution in [1.29, 1.82) is 5.41 Å². The fourth-order valence-electron chi connectivity index (χ4n) is 0.771. The van der Waals surface area contributed by atoms with Crippen LogP contribution in [0.3, 0.4) is 0 Å². The highest BCUT2D eigenvalue weighted by Crippen LogP contribution is 2.17. The molecule has 13 heavy (non-hydrogen) atoms. The largest absolute Gasteiger partial charge is 0.293 e. The average molecular weight is 211 g/mol. The number of nitrogens with one attached hydrogen (secondary N) is 1. The van der Waals surface area contributed by atoms with Crippen molar-refractivity contribution in [3.8, 4) is 0 Å². The highest BCUT2D eigenvalue weighted by Gasteiger charge is 2.00. The molecule has 0 unspecified atom stereocenters. The number of allylic oxidation sites excluding steroid dienone is 1. The van der Waals surface area contributed by atoms with Gasteiger partial charge in [-0.25, -0.2) is 0 Å². The van der Waals surface area contributed by atoms with Crippen molar-refractivity contribution in [3.05, 3.63) is 34.0 Å². The first kappa shape index (κ1) is 10.5. The third kappa shape index (κ3) is 3.79. The van der Waals surface area contributed by atoms with E-state index in [0.29, 0.717) is 5.04 Å². The molecule has 0 aliphatic heterocycles. The molecule has 0 saturated carbocycles.